The lowest BCUT2D eigenvalue weighted by atomic mass is 10.0. The van der Waals surface area contributed by atoms with Crippen LogP contribution < -0.4 is 5.32 Å². The number of nitrogens with zero attached hydrogens (tertiary/aromatic N) is 2. The molecule has 0 aliphatic carbocycles. The Morgan fingerprint density at radius 2 is 2.21 bits per heavy atom. The molecule has 0 aromatic carbocycles. The quantitative estimate of drug-likeness (QED) is 0.753. The van der Waals surface area contributed by atoms with Crippen LogP contribution in [0.4, 0.5) is 0 Å². The van der Waals surface area contributed by atoms with E-state index in [-0.39, 0.29) is 5.92 Å². The Morgan fingerprint density at radius 3 is 2.68 bits per heavy atom. The smallest absolute Gasteiger partial charge is 0.326 e. The highest BCUT2D eigenvalue weighted by Gasteiger charge is 2.19. The maximum Gasteiger partial charge on any atom is 0.326 e. The van der Waals surface area contributed by atoms with Crippen molar-refractivity contribution in [2.45, 2.75) is 26.3 Å². The van der Waals surface area contributed by atoms with Gasteiger partial charge in [-0.3, -0.25) is 9.48 Å². The first-order valence-corrected chi connectivity index (χ1v) is 6.09. The number of rotatable bonds is 6. The van der Waals surface area contributed by atoms with Crippen LogP contribution >= 0.6 is 0 Å². The van der Waals surface area contributed by atoms with E-state index in [2.05, 4.69) is 10.4 Å². The Hall–Kier alpha value is -2.11. The summed E-state index contributed by atoms with van der Waals surface area (Å²) in [6.45, 7) is 3.82. The van der Waals surface area contributed by atoms with Crippen LogP contribution in [0.1, 0.15) is 26.0 Å². The van der Waals surface area contributed by atoms with E-state index in [1.165, 1.54) is 6.08 Å². The summed E-state index contributed by atoms with van der Waals surface area (Å²) >= 11 is 0. The van der Waals surface area contributed by atoms with Gasteiger partial charge in [-0.25, -0.2) is 4.79 Å². The Labute approximate surface area is 112 Å². The third kappa shape index (κ3) is 4.95. The summed E-state index contributed by atoms with van der Waals surface area (Å²) < 4.78 is 1.62. The number of aryl methyl sites for hydroxylation is 1. The molecule has 0 aliphatic rings. The largest absolute Gasteiger partial charge is 0.480 e. The van der Waals surface area contributed by atoms with Crippen molar-refractivity contribution in [3.8, 4) is 0 Å². The van der Waals surface area contributed by atoms with Crippen LogP contribution in [0.2, 0.25) is 0 Å². The summed E-state index contributed by atoms with van der Waals surface area (Å²) in [4.78, 5) is 22.7. The Bertz CT molecular complexity index is 477. The molecule has 1 aromatic rings. The molecule has 1 rings (SSSR count). The summed E-state index contributed by atoms with van der Waals surface area (Å²) in [5.41, 5.74) is 0.769. The number of carboxylic acids is 1. The second-order valence-corrected chi connectivity index (χ2v) is 4.74. The van der Waals surface area contributed by atoms with E-state index in [4.69, 9.17) is 5.11 Å². The van der Waals surface area contributed by atoms with Crippen molar-refractivity contribution in [1.29, 1.82) is 0 Å². The summed E-state index contributed by atoms with van der Waals surface area (Å²) in [6.07, 6.45) is 4.93. The molecule has 0 saturated carbocycles. The number of hydrogen-bond donors (Lipinski definition) is 2. The second kappa shape index (κ2) is 6.72. The minimum Gasteiger partial charge on any atom is -0.480 e. The molecule has 0 saturated heterocycles. The zero-order valence-electron chi connectivity index (χ0n) is 11.3. The molecule has 1 heterocycles. The van der Waals surface area contributed by atoms with Gasteiger partial charge in [-0.05, 0) is 24.5 Å². The summed E-state index contributed by atoms with van der Waals surface area (Å²) in [6, 6.07) is 0.899. The Morgan fingerprint density at radius 1 is 1.53 bits per heavy atom. The van der Waals surface area contributed by atoms with Gasteiger partial charge in [-0.1, -0.05) is 13.8 Å². The molecule has 6 nitrogen and oxygen atoms in total. The SMILES string of the molecule is CC(C)CC(NC(=O)/C=C/c1ccnn1C)C(=O)O. The molecule has 1 aromatic heterocycles. The van der Waals surface area contributed by atoms with Crippen LogP contribution in [0.3, 0.4) is 0 Å². The Balaban J connectivity index is 2.60. The first-order valence-electron chi connectivity index (χ1n) is 6.09. The number of amides is 1. The van der Waals surface area contributed by atoms with Crippen molar-refractivity contribution in [3.63, 3.8) is 0 Å². The van der Waals surface area contributed by atoms with E-state index < -0.39 is 17.9 Å². The topological polar surface area (TPSA) is 84.2 Å². The van der Waals surface area contributed by atoms with Gasteiger partial charge >= 0.3 is 5.97 Å². The van der Waals surface area contributed by atoms with Crippen LogP contribution in [0.25, 0.3) is 6.08 Å². The van der Waals surface area contributed by atoms with E-state index >= 15 is 0 Å². The van der Waals surface area contributed by atoms with Gasteiger partial charge in [0.15, 0.2) is 0 Å². The van der Waals surface area contributed by atoms with Crippen LogP contribution in [0, 0.1) is 5.92 Å². The fraction of sp³-hybridized carbons (Fsp3) is 0.462. The second-order valence-electron chi connectivity index (χ2n) is 4.74. The van der Waals surface area contributed by atoms with Crippen LogP contribution in [-0.4, -0.2) is 32.8 Å². The maximum absolute atomic E-state index is 11.7. The number of carbonyl (C=O) groups is 2. The number of aromatic nitrogens is 2. The number of hydrogen-bond acceptors (Lipinski definition) is 3. The zero-order chi connectivity index (χ0) is 14.4. The van der Waals surface area contributed by atoms with Crippen LogP contribution in [-0.2, 0) is 16.6 Å². The number of nitrogens with one attached hydrogen (secondary N) is 1. The van der Waals surface area contributed by atoms with E-state index in [1.807, 2.05) is 13.8 Å². The molecule has 6 heteroatoms. The molecule has 0 spiro atoms. The molecular weight excluding hydrogens is 246 g/mol. The van der Waals surface area contributed by atoms with Crippen molar-refractivity contribution in [1.82, 2.24) is 15.1 Å². The van der Waals surface area contributed by atoms with Gasteiger partial charge in [0.1, 0.15) is 6.04 Å². The van der Waals surface area contributed by atoms with Crippen LogP contribution in [0.15, 0.2) is 18.3 Å². The van der Waals surface area contributed by atoms with Gasteiger partial charge in [0.05, 0.1) is 5.69 Å². The summed E-state index contributed by atoms with van der Waals surface area (Å²) in [5, 5.41) is 15.5. The van der Waals surface area contributed by atoms with E-state index in [0.29, 0.717) is 6.42 Å². The monoisotopic (exact) mass is 265 g/mol. The highest BCUT2D eigenvalue weighted by molar-refractivity contribution is 5.94. The molecule has 0 aliphatic heterocycles. The number of carbonyl (C=O) groups excluding carboxylic acids is 1. The number of carboxylic acid groups (broad SMARTS) is 1. The fourth-order valence-electron chi connectivity index (χ4n) is 1.62. The summed E-state index contributed by atoms with van der Waals surface area (Å²) in [5.74, 6) is -1.24. The Kier molecular flexibility index (Phi) is 5.29. The minimum absolute atomic E-state index is 0.197. The third-order valence-electron chi connectivity index (χ3n) is 2.59. The van der Waals surface area contributed by atoms with Crippen molar-refractivity contribution in [2.24, 2.45) is 13.0 Å². The first-order chi connectivity index (χ1) is 8.90. The highest BCUT2D eigenvalue weighted by atomic mass is 16.4. The van der Waals surface area contributed by atoms with Gasteiger partial charge in [0, 0.05) is 19.3 Å². The molecule has 1 amide bonds. The molecule has 0 radical (unpaired) electrons. The third-order valence-corrected chi connectivity index (χ3v) is 2.59. The van der Waals surface area contributed by atoms with Crippen molar-refractivity contribution in [3.05, 3.63) is 24.0 Å². The molecule has 2 N–H and O–H groups in total. The average Bonchev–Trinajstić information content (AvgIpc) is 2.70. The van der Waals surface area contributed by atoms with Crippen LogP contribution in [0.5, 0.6) is 0 Å². The zero-order valence-corrected chi connectivity index (χ0v) is 11.3. The highest BCUT2D eigenvalue weighted by Crippen LogP contribution is 2.05. The van der Waals surface area contributed by atoms with Gasteiger partial charge in [-0.2, -0.15) is 5.10 Å². The predicted molar refractivity (Wildman–Crippen MR) is 71.3 cm³/mol. The van der Waals surface area contributed by atoms with Crippen molar-refractivity contribution >= 4 is 18.0 Å². The fourth-order valence-corrected chi connectivity index (χ4v) is 1.62. The lowest BCUT2D eigenvalue weighted by Crippen LogP contribution is -2.40. The van der Waals surface area contributed by atoms with E-state index in [1.54, 1.807) is 30.1 Å². The van der Waals surface area contributed by atoms with E-state index in [9.17, 15) is 9.59 Å². The van der Waals surface area contributed by atoms with Gasteiger partial charge in [0.2, 0.25) is 5.91 Å². The first kappa shape index (κ1) is 14.9. The summed E-state index contributed by atoms with van der Waals surface area (Å²) in [7, 11) is 1.76. The minimum atomic E-state index is -1.02. The molecule has 0 fully saturated rings. The van der Waals surface area contributed by atoms with Gasteiger partial charge in [-0.15, -0.1) is 0 Å². The van der Waals surface area contributed by atoms with Crippen molar-refractivity contribution < 1.29 is 14.7 Å². The average molecular weight is 265 g/mol. The van der Waals surface area contributed by atoms with Gasteiger partial charge < -0.3 is 10.4 Å². The lowest BCUT2D eigenvalue weighted by molar-refractivity contribution is -0.141. The standard InChI is InChI=1S/C13H19N3O3/c1-9(2)8-11(13(18)19)15-12(17)5-4-10-6-7-14-16(10)3/h4-7,9,11H,8H2,1-3H3,(H,15,17)(H,18,19)/b5-4+. The van der Waals surface area contributed by atoms with E-state index in [0.717, 1.165) is 5.69 Å². The number of aliphatic carboxylic acids is 1. The lowest BCUT2D eigenvalue weighted by Gasteiger charge is -2.15. The molecule has 104 valence electrons. The molecule has 0 bridgehead atoms. The maximum atomic E-state index is 11.7. The molecule has 1 atom stereocenters. The van der Waals surface area contributed by atoms with Crippen molar-refractivity contribution in [2.75, 3.05) is 0 Å². The normalized spacial score (nSPS) is 12.8. The molecular formula is C13H19N3O3. The molecule has 1 unspecified atom stereocenters. The van der Waals surface area contributed by atoms with Gasteiger partial charge in [0.25, 0.3) is 0 Å². The predicted octanol–water partition coefficient (Wildman–Crippen LogP) is 1.05. The molecule has 19 heavy (non-hydrogen) atoms.